The lowest BCUT2D eigenvalue weighted by molar-refractivity contribution is -0.392. The van der Waals surface area contributed by atoms with Crippen molar-refractivity contribution in [3.8, 4) is 0 Å². The minimum Gasteiger partial charge on any atom is -0.344 e. The van der Waals surface area contributed by atoms with Gasteiger partial charge >= 0.3 is 0 Å². The fourth-order valence-electron chi connectivity index (χ4n) is 2.13. The molecule has 1 N–H and O–H groups in total. The summed E-state index contributed by atoms with van der Waals surface area (Å²) in [5.74, 6) is 0. The molecule has 0 saturated carbocycles. The maximum atomic E-state index is 11.2. The molecule has 2 aromatic rings. The summed E-state index contributed by atoms with van der Waals surface area (Å²) in [5, 5.41) is 25.2. The number of anilines is 2. The second-order valence-corrected chi connectivity index (χ2v) is 4.87. The summed E-state index contributed by atoms with van der Waals surface area (Å²) in [7, 11) is 0. The van der Waals surface area contributed by atoms with Crippen molar-refractivity contribution in [3.63, 3.8) is 0 Å². The number of nitro groups is 2. The molecular weight excluding hydrogens is 286 g/mol. The smallest absolute Gasteiger partial charge is 0.300 e. The molecule has 0 amide bonds. The molecule has 0 unspecified atom stereocenters. The second-order valence-electron chi connectivity index (χ2n) is 4.87. The minimum atomic E-state index is -0.622. The van der Waals surface area contributed by atoms with E-state index in [9.17, 15) is 20.2 Å². The predicted molar refractivity (Wildman–Crippen MR) is 83.6 cm³/mol. The summed E-state index contributed by atoms with van der Waals surface area (Å²) in [5.41, 5.74) is 1.40. The summed E-state index contributed by atoms with van der Waals surface area (Å²) in [4.78, 5) is 21.1. The number of nitrogens with one attached hydrogen (secondary N) is 1. The summed E-state index contributed by atoms with van der Waals surface area (Å²) in [6, 6.07) is 9.85. The first-order chi connectivity index (χ1) is 10.4. The fraction of sp³-hybridized carbons (Fsp3) is 0.200. The van der Waals surface area contributed by atoms with Gasteiger partial charge in [-0.05, 0) is 36.6 Å². The molecule has 0 aliphatic carbocycles. The Bertz CT molecular complexity index is 691. The van der Waals surface area contributed by atoms with E-state index in [0.717, 1.165) is 12.0 Å². The van der Waals surface area contributed by atoms with E-state index in [-0.39, 0.29) is 17.1 Å². The zero-order chi connectivity index (χ0) is 16.3. The van der Waals surface area contributed by atoms with Gasteiger partial charge in [0.05, 0.1) is 9.85 Å². The van der Waals surface area contributed by atoms with Gasteiger partial charge in [0, 0.05) is 17.8 Å². The van der Waals surface area contributed by atoms with Crippen molar-refractivity contribution in [2.24, 2.45) is 0 Å². The Balaban J connectivity index is 2.51. The largest absolute Gasteiger partial charge is 0.344 e. The Hall–Kier alpha value is -2.96. The topological polar surface area (TPSA) is 98.3 Å². The van der Waals surface area contributed by atoms with Crippen LogP contribution in [0.15, 0.2) is 36.4 Å². The molecule has 0 fully saturated rings. The number of rotatable bonds is 5. The zero-order valence-corrected chi connectivity index (χ0v) is 12.2. The van der Waals surface area contributed by atoms with Crippen LogP contribution < -0.4 is 5.32 Å². The Morgan fingerprint density at radius 2 is 1.50 bits per heavy atom. The minimum absolute atomic E-state index is 0.107. The van der Waals surface area contributed by atoms with E-state index in [1.807, 2.05) is 19.1 Å². The van der Waals surface area contributed by atoms with Gasteiger partial charge in [-0.1, -0.05) is 19.1 Å². The van der Waals surface area contributed by atoms with E-state index < -0.39 is 9.85 Å². The molecule has 0 bridgehead atoms. The van der Waals surface area contributed by atoms with Gasteiger partial charge in [0.1, 0.15) is 0 Å². The highest BCUT2D eigenvalue weighted by Crippen LogP contribution is 2.37. The number of aryl methyl sites for hydroxylation is 2. The average molecular weight is 301 g/mol. The van der Waals surface area contributed by atoms with Crippen molar-refractivity contribution in [2.45, 2.75) is 20.3 Å². The molecule has 114 valence electrons. The fourth-order valence-corrected chi connectivity index (χ4v) is 2.13. The van der Waals surface area contributed by atoms with E-state index in [0.29, 0.717) is 11.3 Å². The number of hydrogen-bond acceptors (Lipinski definition) is 5. The zero-order valence-electron chi connectivity index (χ0n) is 12.2. The highest BCUT2D eigenvalue weighted by Gasteiger charge is 2.26. The second kappa shape index (κ2) is 6.21. The lowest BCUT2D eigenvalue weighted by atomic mass is 10.1. The van der Waals surface area contributed by atoms with Crippen molar-refractivity contribution in [3.05, 3.63) is 67.8 Å². The molecule has 0 radical (unpaired) electrons. The van der Waals surface area contributed by atoms with Gasteiger partial charge in [0.15, 0.2) is 5.69 Å². The first-order valence-electron chi connectivity index (χ1n) is 6.71. The van der Waals surface area contributed by atoms with E-state index >= 15 is 0 Å². The molecule has 2 rings (SSSR count). The summed E-state index contributed by atoms with van der Waals surface area (Å²) < 4.78 is 0. The predicted octanol–water partition coefficient (Wildman–Crippen LogP) is 4.12. The molecule has 0 aromatic heterocycles. The monoisotopic (exact) mass is 301 g/mol. The molecule has 0 aliphatic rings. The van der Waals surface area contributed by atoms with E-state index in [1.54, 1.807) is 19.1 Å². The van der Waals surface area contributed by atoms with Crippen molar-refractivity contribution in [1.82, 2.24) is 0 Å². The van der Waals surface area contributed by atoms with Crippen molar-refractivity contribution in [2.75, 3.05) is 5.32 Å². The Morgan fingerprint density at radius 1 is 1.00 bits per heavy atom. The van der Waals surface area contributed by atoms with Crippen molar-refractivity contribution in [1.29, 1.82) is 0 Å². The Labute approximate surface area is 126 Å². The van der Waals surface area contributed by atoms with Gasteiger partial charge < -0.3 is 5.32 Å². The van der Waals surface area contributed by atoms with Gasteiger partial charge in [-0.25, -0.2) is 0 Å². The van der Waals surface area contributed by atoms with Crippen LogP contribution in [-0.2, 0) is 6.42 Å². The van der Waals surface area contributed by atoms with Gasteiger partial charge in [-0.2, -0.15) is 0 Å². The molecule has 7 nitrogen and oxygen atoms in total. The molecule has 22 heavy (non-hydrogen) atoms. The van der Waals surface area contributed by atoms with Gasteiger partial charge in [0.25, 0.3) is 11.4 Å². The maximum absolute atomic E-state index is 11.2. The van der Waals surface area contributed by atoms with Crippen LogP contribution in [0.1, 0.15) is 18.1 Å². The molecule has 0 atom stereocenters. The quantitative estimate of drug-likeness (QED) is 0.661. The van der Waals surface area contributed by atoms with E-state index in [1.165, 1.54) is 12.1 Å². The highest BCUT2D eigenvalue weighted by atomic mass is 16.6. The maximum Gasteiger partial charge on any atom is 0.300 e. The summed E-state index contributed by atoms with van der Waals surface area (Å²) >= 11 is 0. The SMILES string of the molecule is CCc1ccc(Nc2c([N+](=O)[O-])cc(C)cc2[N+](=O)[O-])cc1. The summed E-state index contributed by atoms with van der Waals surface area (Å²) in [6.45, 7) is 3.60. The number of nitrogens with zero attached hydrogens (tertiary/aromatic N) is 2. The van der Waals surface area contributed by atoms with Gasteiger partial charge in [-0.3, -0.25) is 20.2 Å². The van der Waals surface area contributed by atoms with Crippen LogP contribution >= 0.6 is 0 Å². The van der Waals surface area contributed by atoms with E-state index in [2.05, 4.69) is 5.32 Å². The molecule has 2 aromatic carbocycles. The molecular formula is C15H15N3O4. The molecule has 0 spiro atoms. The van der Waals surface area contributed by atoms with E-state index in [4.69, 9.17) is 0 Å². The average Bonchev–Trinajstić information content (AvgIpc) is 2.48. The van der Waals surface area contributed by atoms with Gasteiger partial charge in [-0.15, -0.1) is 0 Å². The third kappa shape index (κ3) is 3.20. The molecule has 7 heteroatoms. The van der Waals surface area contributed by atoms with Crippen LogP contribution in [-0.4, -0.2) is 9.85 Å². The first-order valence-corrected chi connectivity index (χ1v) is 6.71. The Morgan fingerprint density at radius 3 is 1.91 bits per heavy atom. The number of benzene rings is 2. The first kappa shape index (κ1) is 15.4. The van der Waals surface area contributed by atoms with Crippen LogP contribution in [0.5, 0.6) is 0 Å². The van der Waals surface area contributed by atoms with Crippen molar-refractivity contribution >= 4 is 22.7 Å². The van der Waals surface area contributed by atoms with Crippen LogP contribution in [0.3, 0.4) is 0 Å². The molecule has 0 aliphatic heterocycles. The lowest BCUT2D eigenvalue weighted by Crippen LogP contribution is -2.02. The van der Waals surface area contributed by atoms with Crippen LogP contribution in [0.2, 0.25) is 0 Å². The van der Waals surface area contributed by atoms with Crippen LogP contribution in [0.4, 0.5) is 22.7 Å². The van der Waals surface area contributed by atoms with Crippen LogP contribution in [0.25, 0.3) is 0 Å². The van der Waals surface area contributed by atoms with Crippen LogP contribution in [0, 0.1) is 27.2 Å². The van der Waals surface area contributed by atoms with Gasteiger partial charge in [0.2, 0.25) is 0 Å². The van der Waals surface area contributed by atoms with Crippen molar-refractivity contribution < 1.29 is 9.85 Å². The summed E-state index contributed by atoms with van der Waals surface area (Å²) in [6.07, 6.45) is 0.866. The Kier molecular flexibility index (Phi) is 4.36. The lowest BCUT2D eigenvalue weighted by Gasteiger charge is -2.09. The number of hydrogen-bond donors (Lipinski definition) is 1. The third-order valence-electron chi connectivity index (χ3n) is 3.27. The molecule has 0 heterocycles. The number of nitro benzene ring substituents is 2. The third-order valence-corrected chi connectivity index (χ3v) is 3.27. The highest BCUT2D eigenvalue weighted by molar-refractivity contribution is 5.79. The standard InChI is InChI=1S/C15H15N3O4/c1-3-11-4-6-12(7-5-11)16-15-13(17(19)20)8-10(2)9-14(15)18(21)22/h4-9,16H,3H2,1-2H3. The molecule has 0 saturated heterocycles. The normalized spacial score (nSPS) is 10.3.